The lowest BCUT2D eigenvalue weighted by Crippen LogP contribution is -2.07. The van der Waals surface area contributed by atoms with E-state index in [0.717, 1.165) is 5.56 Å². The molecule has 8 nitrogen and oxygen atoms in total. The molecule has 0 aliphatic rings. The number of hydrogen-bond acceptors (Lipinski definition) is 5. The highest BCUT2D eigenvalue weighted by molar-refractivity contribution is 6.08. The molecule has 0 spiro atoms. The van der Waals surface area contributed by atoms with Gasteiger partial charge in [-0.1, -0.05) is 30.3 Å². The van der Waals surface area contributed by atoms with Crippen LogP contribution in [0.3, 0.4) is 0 Å². The largest absolute Gasteiger partial charge is 0.496 e. The van der Waals surface area contributed by atoms with Gasteiger partial charge in [-0.25, -0.2) is 14.8 Å². The van der Waals surface area contributed by atoms with Crippen molar-refractivity contribution >= 4 is 34.7 Å². The highest BCUT2D eigenvalue weighted by atomic mass is 16.5. The van der Waals surface area contributed by atoms with Crippen LogP contribution >= 0.6 is 0 Å². The number of carboxylic acids is 1. The summed E-state index contributed by atoms with van der Waals surface area (Å²) in [4.78, 5) is 35.2. The number of rotatable bonds is 6. The van der Waals surface area contributed by atoms with Gasteiger partial charge in [-0.3, -0.25) is 4.79 Å². The van der Waals surface area contributed by atoms with Crippen molar-refractivity contribution in [2.24, 2.45) is 0 Å². The molecule has 0 unspecified atom stereocenters. The third-order valence-corrected chi connectivity index (χ3v) is 4.66. The van der Waals surface area contributed by atoms with E-state index in [0.29, 0.717) is 33.7 Å². The molecule has 0 saturated heterocycles. The molecule has 1 amide bonds. The van der Waals surface area contributed by atoms with E-state index in [1.807, 2.05) is 24.3 Å². The summed E-state index contributed by atoms with van der Waals surface area (Å²) in [6.07, 6.45) is 5.84. The number of aromatic nitrogens is 3. The molecule has 154 valence electrons. The number of ether oxygens (including phenoxy) is 1. The number of aromatic amines is 1. The van der Waals surface area contributed by atoms with E-state index in [2.05, 4.69) is 20.3 Å². The fourth-order valence-electron chi connectivity index (χ4n) is 3.25. The first kappa shape index (κ1) is 19.8. The average molecular weight is 414 g/mol. The first-order valence-corrected chi connectivity index (χ1v) is 9.34. The number of carbonyl (C=O) groups excluding carboxylic acids is 1. The zero-order chi connectivity index (χ0) is 21.8. The lowest BCUT2D eigenvalue weighted by molar-refractivity contribution is -0.111. The predicted molar refractivity (Wildman–Crippen MR) is 117 cm³/mol. The van der Waals surface area contributed by atoms with E-state index in [9.17, 15) is 14.7 Å². The zero-order valence-corrected chi connectivity index (χ0v) is 16.5. The van der Waals surface area contributed by atoms with E-state index in [4.69, 9.17) is 4.74 Å². The Kier molecular flexibility index (Phi) is 5.44. The number of H-pyrrole nitrogens is 1. The number of hydrogen-bond donors (Lipinski definition) is 3. The maximum Gasteiger partial charge on any atom is 0.338 e. The molecule has 4 rings (SSSR count). The van der Waals surface area contributed by atoms with Crippen molar-refractivity contribution in [3.05, 3.63) is 78.3 Å². The summed E-state index contributed by atoms with van der Waals surface area (Å²) >= 11 is 0. The Labute approximate surface area is 177 Å². The fraction of sp³-hybridized carbons (Fsp3) is 0.0435. The molecule has 3 N–H and O–H groups in total. The van der Waals surface area contributed by atoms with E-state index in [-0.39, 0.29) is 11.5 Å². The summed E-state index contributed by atoms with van der Waals surface area (Å²) in [5.41, 5.74) is 2.96. The first-order chi connectivity index (χ1) is 15.1. The molecule has 4 aromatic rings. The molecule has 0 aliphatic carbocycles. The number of anilines is 1. The molecule has 8 heteroatoms. The second-order valence-corrected chi connectivity index (χ2v) is 6.60. The smallest absolute Gasteiger partial charge is 0.338 e. The maximum absolute atomic E-state index is 12.4. The van der Waals surface area contributed by atoms with E-state index in [1.165, 1.54) is 18.6 Å². The SMILES string of the molecule is COc1ccccc1/C=C\C(=O)Nc1cccc(-c2ncnc3[nH]cc(C(=O)O)c23)c1. The van der Waals surface area contributed by atoms with Crippen molar-refractivity contribution in [1.29, 1.82) is 0 Å². The molecular formula is C23H18N4O4. The Hall–Kier alpha value is -4.46. The average Bonchev–Trinajstić information content (AvgIpc) is 3.23. The van der Waals surface area contributed by atoms with Crippen LogP contribution in [0.15, 0.2) is 67.1 Å². The minimum atomic E-state index is -1.08. The highest BCUT2D eigenvalue weighted by Crippen LogP contribution is 2.29. The normalized spacial score (nSPS) is 11.0. The van der Waals surface area contributed by atoms with Crippen molar-refractivity contribution in [2.45, 2.75) is 0 Å². The number of fused-ring (bicyclic) bond motifs is 1. The molecule has 0 aliphatic heterocycles. The van der Waals surface area contributed by atoms with Crippen LogP contribution < -0.4 is 10.1 Å². The van der Waals surface area contributed by atoms with Gasteiger partial charge in [-0.15, -0.1) is 0 Å². The third-order valence-electron chi connectivity index (χ3n) is 4.66. The maximum atomic E-state index is 12.4. The van der Waals surface area contributed by atoms with Crippen molar-refractivity contribution < 1.29 is 19.4 Å². The van der Waals surface area contributed by atoms with Crippen LogP contribution in [-0.2, 0) is 4.79 Å². The number of nitrogens with zero attached hydrogens (tertiary/aromatic N) is 2. The number of benzene rings is 2. The highest BCUT2D eigenvalue weighted by Gasteiger charge is 2.17. The Morgan fingerprint density at radius 1 is 1.13 bits per heavy atom. The minimum Gasteiger partial charge on any atom is -0.496 e. The Bertz CT molecular complexity index is 1310. The second kappa shape index (κ2) is 8.50. The van der Waals surface area contributed by atoms with Gasteiger partial charge in [0.1, 0.15) is 17.7 Å². The zero-order valence-electron chi connectivity index (χ0n) is 16.5. The van der Waals surface area contributed by atoms with Gasteiger partial charge in [0.2, 0.25) is 5.91 Å². The third kappa shape index (κ3) is 4.13. The van der Waals surface area contributed by atoms with Gasteiger partial charge >= 0.3 is 5.97 Å². The summed E-state index contributed by atoms with van der Waals surface area (Å²) in [5, 5.41) is 12.7. The van der Waals surface area contributed by atoms with Crippen molar-refractivity contribution in [2.75, 3.05) is 12.4 Å². The number of methoxy groups -OCH3 is 1. The monoisotopic (exact) mass is 414 g/mol. The predicted octanol–water partition coefficient (Wildman–Crippen LogP) is 3.98. The van der Waals surface area contributed by atoms with Gasteiger partial charge < -0.3 is 20.1 Å². The number of carbonyl (C=O) groups is 2. The van der Waals surface area contributed by atoms with Crippen LogP contribution in [0.4, 0.5) is 5.69 Å². The van der Waals surface area contributed by atoms with Crippen LogP contribution in [0.2, 0.25) is 0 Å². The molecule has 0 radical (unpaired) electrons. The van der Waals surface area contributed by atoms with Crippen molar-refractivity contribution in [3.63, 3.8) is 0 Å². The molecule has 2 aromatic carbocycles. The number of carboxylic acid groups (broad SMARTS) is 1. The molecule has 2 aromatic heterocycles. The molecular weight excluding hydrogens is 396 g/mol. The van der Waals surface area contributed by atoms with Gasteiger partial charge in [-0.2, -0.15) is 0 Å². The topological polar surface area (TPSA) is 117 Å². The molecule has 0 bridgehead atoms. The summed E-state index contributed by atoms with van der Waals surface area (Å²) < 4.78 is 5.28. The lowest BCUT2D eigenvalue weighted by Gasteiger charge is -2.07. The second-order valence-electron chi connectivity index (χ2n) is 6.60. The van der Waals surface area contributed by atoms with Crippen LogP contribution in [0.5, 0.6) is 5.75 Å². The molecule has 2 heterocycles. The van der Waals surface area contributed by atoms with Gasteiger partial charge in [0.25, 0.3) is 0 Å². The first-order valence-electron chi connectivity index (χ1n) is 9.34. The quantitative estimate of drug-likeness (QED) is 0.411. The van der Waals surface area contributed by atoms with Crippen LogP contribution in [0.1, 0.15) is 15.9 Å². The van der Waals surface area contributed by atoms with E-state index in [1.54, 1.807) is 37.5 Å². The van der Waals surface area contributed by atoms with E-state index < -0.39 is 5.97 Å². The van der Waals surface area contributed by atoms with Gasteiger partial charge in [0, 0.05) is 29.1 Å². The Morgan fingerprint density at radius 3 is 2.77 bits per heavy atom. The molecule has 0 fully saturated rings. The van der Waals surface area contributed by atoms with Gasteiger partial charge in [0.15, 0.2) is 0 Å². The van der Waals surface area contributed by atoms with Crippen LogP contribution in [-0.4, -0.2) is 39.0 Å². The standard InChI is InChI=1S/C23H18N4O4/c1-31-18-8-3-2-5-14(18)9-10-19(28)27-16-7-4-6-15(11-16)21-20-17(23(29)30)12-24-22(20)26-13-25-21/h2-13H,1H3,(H,27,28)(H,29,30)(H,24,25,26)/b10-9-. The Balaban J connectivity index is 1.60. The van der Waals surface area contributed by atoms with Gasteiger partial charge in [-0.05, 0) is 24.3 Å². The van der Waals surface area contributed by atoms with Crippen molar-refractivity contribution in [1.82, 2.24) is 15.0 Å². The molecule has 31 heavy (non-hydrogen) atoms. The summed E-state index contributed by atoms with van der Waals surface area (Å²) in [6, 6.07) is 14.4. The summed E-state index contributed by atoms with van der Waals surface area (Å²) in [5.74, 6) is -0.723. The fourth-order valence-corrected chi connectivity index (χ4v) is 3.25. The lowest BCUT2D eigenvalue weighted by atomic mass is 10.1. The van der Waals surface area contributed by atoms with Gasteiger partial charge in [0.05, 0.1) is 23.8 Å². The number of amides is 1. The summed E-state index contributed by atoms with van der Waals surface area (Å²) in [6.45, 7) is 0. The molecule has 0 atom stereocenters. The van der Waals surface area contributed by atoms with Crippen LogP contribution in [0.25, 0.3) is 28.4 Å². The van der Waals surface area contributed by atoms with Crippen molar-refractivity contribution in [3.8, 4) is 17.0 Å². The Morgan fingerprint density at radius 2 is 1.97 bits per heavy atom. The van der Waals surface area contributed by atoms with E-state index >= 15 is 0 Å². The number of para-hydroxylation sites is 1. The summed E-state index contributed by atoms with van der Waals surface area (Å²) in [7, 11) is 1.57. The number of aromatic carboxylic acids is 1. The molecule has 0 saturated carbocycles. The van der Waals surface area contributed by atoms with Crippen LogP contribution in [0, 0.1) is 0 Å². The number of nitrogens with one attached hydrogen (secondary N) is 2. The minimum absolute atomic E-state index is 0.0831.